The topological polar surface area (TPSA) is 27.1 Å². The van der Waals surface area contributed by atoms with Gasteiger partial charge in [0.2, 0.25) is 5.28 Å². The second-order valence-electron chi connectivity index (χ2n) is 4.28. The van der Waals surface area contributed by atoms with Crippen LogP contribution in [0.25, 0.3) is 11.0 Å². The Balaban J connectivity index is 2.15. The van der Waals surface area contributed by atoms with Crippen molar-refractivity contribution in [1.82, 2.24) is 9.55 Å². The van der Waals surface area contributed by atoms with Gasteiger partial charge in [-0.05, 0) is 29.3 Å². The van der Waals surface area contributed by atoms with Gasteiger partial charge in [-0.25, -0.2) is 4.98 Å². The van der Waals surface area contributed by atoms with Crippen molar-refractivity contribution in [2.75, 3.05) is 7.11 Å². The number of rotatable bonds is 3. The minimum atomic E-state index is 0.475. The lowest BCUT2D eigenvalue weighted by Gasteiger charge is -2.08. The minimum absolute atomic E-state index is 0.475. The molecule has 3 rings (SSSR count). The van der Waals surface area contributed by atoms with Gasteiger partial charge in [-0.15, -0.1) is 0 Å². The molecule has 0 aliphatic rings. The molecule has 2 aromatic carbocycles. The van der Waals surface area contributed by atoms with Crippen LogP contribution in [-0.2, 0) is 6.54 Å². The molecule has 0 atom stereocenters. The summed E-state index contributed by atoms with van der Waals surface area (Å²) < 4.78 is 7.36. The summed E-state index contributed by atoms with van der Waals surface area (Å²) in [7, 11) is 1.66. The number of nitrogens with zero attached hydrogens (tertiary/aromatic N) is 2. The average molecular weight is 273 g/mol. The van der Waals surface area contributed by atoms with Gasteiger partial charge in [0.25, 0.3) is 0 Å². The fourth-order valence-corrected chi connectivity index (χ4v) is 2.43. The normalized spacial score (nSPS) is 10.8. The van der Waals surface area contributed by atoms with Crippen molar-refractivity contribution in [2.24, 2.45) is 0 Å². The van der Waals surface area contributed by atoms with Crippen LogP contribution in [0.1, 0.15) is 5.56 Å². The SMILES string of the molecule is COc1cccc2nc(Cl)n(Cc3ccccc3)c12. The minimum Gasteiger partial charge on any atom is -0.494 e. The van der Waals surface area contributed by atoms with E-state index in [1.54, 1.807) is 7.11 Å². The van der Waals surface area contributed by atoms with Crippen molar-refractivity contribution < 1.29 is 4.74 Å². The lowest BCUT2D eigenvalue weighted by atomic mass is 10.2. The van der Waals surface area contributed by atoms with E-state index in [0.29, 0.717) is 11.8 Å². The maximum absolute atomic E-state index is 6.24. The lowest BCUT2D eigenvalue weighted by molar-refractivity contribution is 0.417. The largest absolute Gasteiger partial charge is 0.494 e. The van der Waals surface area contributed by atoms with Crippen LogP contribution in [0.3, 0.4) is 0 Å². The van der Waals surface area contributed by atoms with Crippen LogP contribution < -0.4 is 4.74 Å². The van der Waals surface area contributed by atoms with Gasteiger partial charge in [-0.3, -0.25) is 0 Å². The second kappa shape index (κ2) is 4.94. The molecule has 96 valence electrons. The first kappa shape index (κ1) is 12.1. The molecule has 0 saturated heterocycles. The molecule has 0 bridgehead atoms. The number of hydrogen-bond donors (Lipinski definition) is 0. The second-order valence-corrected chi connectivity index (χ2v) is 4.62. The van der Waals surface area contributed by atoms with E-state index in [0.717, 1.165) is 16.8 Å². The number of hydrogen-bond acceptors (Lipinski definition) is 2. The highest BCUT2D eigenvalue weighted by atomic mass is 35.5. The number of imidazole rings is 1. The number of ether oxygens (including phenoxy) is 1. The third-order valence-corrected chi connectivity index (χ3v) is 3.38. The number of para-hydroxylation sites is 1. The lowest BCUT2D eigenvalue weighted by Crippen LogP contribution is -2.00. The third kappa shape index (κ3) is 2.17. The van der Waals surface area contributed by atoms with Crippen LogP contribution in [-0.4, -0.2) is 16.7 Å². The number of methoxy groups -OCH3 is 1. The molecule has 19 heavy (non-hydrogen) atoms. The van der Waals surface area contributed by atoms with E-state index in [-0.39, 0.29) is 0 Å². The predicted molar refractivity (Wildman–Crippen MR) is 76.8 cm³/mol. The van der Waals surface area contributed by atoms with Crippen LogP contribution in [0, 0.1) is 0 Å². The maximum atomic E-state index is 6.24. The first-order valence-electron chi connectivity index (χ1n) is 6.02. The summed E-state index contributed by atoms with van der Waals surface area (Å²) >= 11 is 6.24. The zero-order valence-electron chi connectivity index (χ0n) is 10.5. The Morgan fingerprint density at radius 3 is 2.63 bits per heavy atom. The molecule has 0 fully saturated rings. The number of benzene rings is 2. The molecule has 0 N–H and O–H groups in total. The van der Waals surface area contributed by atoms with Crippen molar-refractivity contribution in [3.8, 4) is 5.75 Å². The Kier molecular flexibility index (Phi) is 3.13. The Bertz CT molecular complexity index is 707. The summed E-state index contributed by atoms with van der Waals surface area (Å²) in [6.07, 6.45) is 0. The molecule has 0 unspecified atom stereocenters. The van der Waals surface area contributed by atoms with Crippen molar-refractivity contribution in [3.05, 3.63) is 59.4 Å². The quantitative estimate of drug-likeness (QED) is 0.726. The summed E-state index contributed by atoms with van der Waals surface area (Å²) in [5, 5.41) is 0.475. The van der Waals surface area contributed by atoms with Crippen molar-refractivity contribution in [2.45, 2.75) is 6.54 Å². The van der Waals surface area contributed by atoms with Gasteiger partial charge < -0.3 is 9.30 Å². The molecule has 4 heteroatoms. The highest BCUT2D eigenvalue weighted by Gasteiger charge is 2.13. The standard InChI is InChI=1S/C15H13ClN2O/c1-19-13-9-5-8-12-14(13)18(15(16)17-12)10-11-6-3-2-4-7-11/h2-9H,10H2,1H3. The van der Waals surface area contributed by atoms with E-state index >= 15 is 0 Å². The van der Waals surface area contributed by atoms with Crippen LogP contribution in [0.4, 0.5) is 0 Å². The predicted octanol–water partition coefficient (Wildman–Crippen LogP) is 3.75. The zero-order chi connectivity index (χ0) is 13.2. The van der Waals surface area contributed by atoms with Gasteiger partial charge in [-0.2, -0.15) is 0 Å². The molecule has 1 aromatic heterocycles. The highest BCUT2D eigenvalue weighted by molar-refractivity contribution is 6.29. The summed E-state index contributed by atoms with van der Waals surface area (Å²) in [6.45, 7) is 0.677. The van der Waals surface area contributed by atoms with Gasteiger partial charge in [0.1, 0.15) is 11.3 Å². The molecule has 3 aromatic rings. The summed E-state index contributed by atoms with van der Waals surface area (Å²) in [5.74, 6) is 0.785. The van der Waals surface area contributed by atoms with Crippen molar-refractivity contribution in [1.29, 1.82) is 0 Å². The maximum Gasteiger partial charge on any atom is 0.204 e. The van der Waals surface area contributed by atoms with Crippen LogP contribution in [0.15, 0.2) is 48.5 Å². The fourth-order valence-electron chi connectivity index (χ4n) is 2.20. The van der Waals surface area contributed by atoms with E-state index in [4.69, 9.17) is 16.3 Å². The Morgan fingerprint density at radius 2 is 1.89 bits per heavy atom. The van der Waals surface area contributed by atoms with Gasteiger partial charge in [0.05, 0.1) is 19.2 Å². The van der Waals surface area contributed by atoms with E-state index in [2.05, 4.69) is 17.1 Å². The molecule has 1 heterocycles. The molecule has 3 nitrogen and oxygen atoms in total. The van der Waals surface area contributed by atoms with E-state index < -0.39 is 0 Å². The number of halogens is 1. The van der Waals surface area contributed by atoms with E-state index in [1.807, 2.05) is 41.0 Å². The van der Waals surface area contributed by atoms with Gasteiger partial charge in [-0.1, -0.05) is 36.4 Å². The molecule has 0 spiro atoms. The molecule has 0 aliphatic heterocycles. The molecule has 0 aliphatic carbocycles. The fraction of sp³-hybridized carbons (Fsp3) is 0.133. The smallest absolute Gasteiger partial charge is 0.204 e. The van der Waals surface area contributed by atoms with Crippen molar-refractivity contribution >= 4 is 22.6 Å². The highest BCUT2D eigenvalue weighted by Crippen LogP contribution is 2.29. The molecule has 0 saturated carbocycles. The zero-order valence-corrected chi connectivity index (χ0v) is 11.3. The molecule has 0 radical (unpaired) electrons. The van der Waals surface area contributed by atoms with Gasteiger partial charge >= 0.3 is 0 Å². The Hall–Kier alpha value is -2.00. The number of fused-ring (bicyclic) bond motifs is 1. The molecule has 0 amide bonds. The number of aromatic nitrogens is 2. The van der Waals surface area contributed by atoms with Crippen LogP contribution in [0.2, 0.25) is 5.28 Å². The Morgan fingerprint density at radius 1 is 1.11 bits per heavy atom. The van der Waals surface area contributed by atoms with Crippen molar-refractivity contribution in [3.63, 3.8) is 0 Å². The van der Waals surface area contributed by atoms with Crippen LogP contribution >= 0.6 is 11.6 Å². The first-order chi connectivity index (χ1) is 9.29. The third-order valence-electron chi connectivity index (χ3n) is 3.09. The molecular weight excluding hydrogens is 260 g/mol. The van der Waals surface area contributed by atoms with Gasteiger partial charge in [0, 0.05) is 0 Å². The Labute approximate surface area is 116 Å². The van der Waals surface area contributed by atoms with Gasteiger partial charge in [0.15, 0.2) is 0 Å². The summed E-state index contributed by atoms with van der Waals surface area (Å²) in [4.78, 5) is 4.37. The van der Waals surface area contributed by atoms with E-state index in [9.17, 15) is 0 Å². The van der Waals surface area contributed by atoms with Crippen LogP contribution in [0.5, 0.6) is 5.75 Å². The summed E-state index contributed by atoms with van der Waals surface area (Å²) in [6, 6.07) is 15.9. The van der Waals surface area contributed by atoms with E-state index in [1.165, 1.54) is 5.56 Å². The summed E-state index contributed by atoms with van der Waals surface area (Å²) in [5.41, 5.74) is 2.95. The average Bonchev–Trinajstić information content (AvgIpc) is 2.76. The molecular formula is C15H13ClN2O. The monoisotopic (exact) mass is 272 g/mol. The first-order valence-corrected chi connectivity index (χ1v) is 6.40.